The molecule has 0 radical (unpaired) electrons. The third-order valence-electron chi connectivity index (χ3n) is 2.44. The van der Waals surface area contributed by atoms with Crippen molar-refractivity contribution in [2.75, 3.05) is 13.2 Å². The van der Waals surface area contributed by atoms with Crippen LogP contribution in [0.15, 0.2) is 12.2 Å². The van der Waals surface area contributed by atoms with Crippen molar-refractivity contribution < 1.29 is 19.1 Å². The van der Waals surface area contributed by atoms with Crippen molar-refractivity contribution in [3.05, 3.63) is 12.2 Å². The van der Waals surface area contributed by atoms with Gasteiger partial charge in [-0.2, -0.15) is 0 Å². The maximum absolute atomic E-state index is 11.3. The molecule has 0 N–H and O–H groups in total. The molecule has 4 heteroatoms. The molecular weight excluding hydrogens is 244 g/mol. The zero-order valence-electron chi connectivity index (χ0n) is 12.5. The van der Waals surface area contributed by atoms with E-state index < -0.39 is 5.97 Å². The molecule has 0 aliphatic carbocycles. The average molecular weight is 270 g/mol. The van der Waals surface area contributed by atoms with E-state index in [1.165, 1.54) is 12.2 Å². The lowest BCUT2D eigenvalue weighted by molar-refractivity contribution is -0.142. The zero-order valence-corrected chi connectivity index (χ0v) is 12.5. The smallest absolute Gasteiger partial charge is 0.330 e. The van der Waals surface area contributed by atoms with Crippen molar-refractivity contribution in [1.29, 1.82) is 0 Å². The Balaban J connectivity index is 3.65. The summed E-state index contributed by atoms with van der Waals surface area (Å²) < 4.78 is 9.97. The van der Waals surface area contributed by atoms with E-state index in [0.717, 1.165) is 12.8 Å². The van der Waals surface area contributed by atoms with Crippen LogP contribution in [0.2, 0.25) is 0 Å². The first kappa shape index (κ1) is 17.7. The minimum atomic E-state index is -0.407. The Morgan fingerprint density at radius 1 is 0.947 bits per heavy atom. The molecule has 0 aromatic heterocycles. The lowest BCUT2D eigenvalue weighted by atomic mass is 10.1. The van der Waals surface area contributed by atoms with Crippen LogP contribution >= 0.6 is 0 Å². The van der Waals surface area contributed by atoms with Crippen molar-refractivity contribution in [2.24, 2.45) is 11.8 Å². The molecule has 110 valence electrons. The number of hydrogen-bond acceptors (Lipinski definition) is 4. The number of carbonyl (C=O) groups excluding carboxylic acids is 2. The van der Waals surface area contributed by atoms with Gasteiger partial charge in [0.1, 0.15) is 0 Å². The lowest BCUT2D eigenvalue weighted by Gasteiger charge is -2.05. The van der Waals surface area contributed by atoms with E-state index in [1.807, 2.05) is 0 Å². The summed E-state index contributed by atoms with van der Waals surface area (Å²) >= 11 is 0. The predicted molar refractivity (Wildman–Crippen MR) is 74.6 cm³/mol. The summed E-state index contributed by atoms with van der Waals surface area (Å²) in [6.07, 6.45) is 4.57. The average Bonchev–Trinajstić information content (AvgIpc) is 2.27. The Morgan fingerprint density at radius 3 is 2.00 bits per heavy atom. The zero-order chi connectivity index (χ0) is 14.7. The fourth-order valence-electron chi connectivity index (χ4n) is 1.16. The van der Waals surface area contributed by atoms with Gasteiger partial charge in [-0.3, -0.25) is 4.79 Å². The van der Waals surface area contributed by atoms with Crippen molar-refractivity contribution in [3.8, 4) is 0 Å². The Bertz CT molecular complexity index is 293. The van der Waals surface area contributed by atoms with Crippen molar-refractivity contribution >= 4 is 11.9 Å². The van der Waals surface area contributed by atoms with Crippen LogP contribution in [-0.4, -0.2) is 25.2 Å². The van der Waals surface area contributed by atoms with Gasteiger partial charge in [0.25, 0.3) is 0 Å². The second-order valence-electron chi connectivity index (χ2n) is 5.36. The second-order valence-corrected chi connectivity index (χ2v) is 5.36. The fourth-order valence-corrected chi connectivity index (χ4v) is 1.16. The Kier molecular flexibility index (Phi) is 9.85. The molecule has 0 aromatic carbocycles. The SMILES string of the molecule is CC(C)CCOC(=O)/C=C/CC(=O)OCCC(C)C. The van der Waals surface area contributed by atoms with Crippen LogP contribution < -0.4 is 0 Å². The molecular formula is C15H26O4. The van der Waals surface area contributed by atoms with E-state index in [1.54, 1.807) is 0 Å². The van der Waals surface area contributed by atoms with E-state index in [0.29, 0.717) is 25.0 Å². The van der Waals surface area contributed by atoms with Gasteiger partial charge in [0, 0.05) is 6.08 Å². The highest BCUT2D eigenvalue weighted by Gasteiger charge is 2.02. The van der Waals surface area contributed by atoms with Crippen LogP contribution in [0.3, 0.4) is 0 Å². The number of hydrogen-bond donors (Lipinski definition) is 0. The maximum atomic E-state index is 11.3. The summed E-state index contributed by atoms with van der Waals surface area (Å²) in [5.41, 5.74) is 0. The van der Waals surface area contributed by atoms with Crippen LogP contribution in [0.1, 0.15) is 47.0 Å². The van der Waals surface area contributed by atoms with Crippen LogP contribution in [0.4, 0.5) is 0 Å². The van der Waals surface area contributed by atoms with Crippen LogP contribution in [0.25, 0.3) is 0 Å². The van der Waals surface area contributed by atoms with Crippen LogP contribution in [0, 0.1) is 11.8 Å². The highest BCUT2D eigenvalue weighted by atomic mass is 16.5. The van der Waals surface area contributed by atoms with Gasteiger partial charge < -0.3 is 9.47 Å². The molecule has 0 unspecified atom stereocenters. The third-order valence-corrected chi connectivity index (χ3v) is 2.44. The van der Waals surface area contributed by atoms with E-state index in [9.17, 15) is 9.59 Å². The van der Waals surface area contributed by atoms with Gasteiger partial charge in [0.2, 0.25) is 0 Å². The third kappa shape index (κ3) is 12.9. The van der Waals surface area contributed by atoms with Gasteiger partial charge in [-0.1, -0.05) is 33.8 Å². The van der Waals surface area contributed by atoms with Crippen LogP contribution in [-0.2, 0) is 19.1 Å². The minimum Gasteiger partial charge on any atom is -0.465 e. The molecule has 0 saturated heterocycles. The molecule has 0 aliphatic rings. The summed E-state index contributed by atoms with van der Waals surface area (Å²) in [4.78, 5) is 22.5. The first-order valence-electron chi connectivity index (χ1n) is 6.90. The maximum Gasteiger partial charge on any atom is 0.330 e. The van der Waals surface area contributed by atoms with Gasteiger partial charge in [0.15, 0.2) is 0 Å². The molecule has 0 amide bonds. The predicted octanol–water partition coefficient (Wildman–Crippen LogP) is 3.11. The first-order chi connectivity index (χ1) is 8.91. The summed E-state index contributed by atoms with van der Waals surface area (Å²) in [6, 6.07) is 0. The quantitative estimate of drug-likeness (QED) is 0.477. The second kappa shape index (κ2) is 10.6. The van der Waals surface area contributed by atoms with Gasteiger partial charge in [-0.25, -0.2) is 4.79 Å². The highest BCUT2D eigenvalue weighted by molar-refractivity contribution is 5.83. The highest BCUT2D eigenvalue weighted by Crippen LogP contribution is 2.01. The molecule has 4 nitrogen and oxygen atoms in total. The number of esters is 2. The summed E-state index contributed by atoms with van der Waals surface area (Å²) in [7, 11) is 0. The number of rotatable bonds is 9. The standard InChI is InChI=1S/C15H26O4/c1-12(2)8-10-18-14(16)6-5-7-15(17)19-11-9-13(3)4/h5-6,12-13H,7-11H2,1-4H3/b6-5+. The van der Waals surface area contributed by atoms with Gasteiger partial charge >= 0.3 is 11.9 Å². The number of ether oxygens (including phenoxy) is 2. The molecule has 19 heavy (non-hydrogen) atoms. The molecule has 0 aromatic rings. The van der Waals surface area contributed by atoms with E-state index >= 15 is 0 Å². The van der Waals surface area contributed by atoms with E-state index in [4.69, 9.17) is 9.47 Å². The van der Waals surface area contributed by atoms with Gasteiger partial charge in [-0.15, -0.1) is 0 Å². The Labute approximate surface area is 116 Å². The normalized spacial score (nSPS) is 11.3. The largest absolute Gasteiger partial charge is 0.465 e. The van der Waals surface area contributed by atoms with E-state index in [-0.39, 0.29) is 12.4 Å². The topological polar surface area (TPSA) is 52.6 Å². The monoisotopic (exact) mass is 270 g/mol. The first-order valence-corrected chi connectivity index (χ1v) is 6.90. The fraction of sp³-hybridized carbons (Fsp3) is 0.733. The van der Waals surface area contributed by atoms with Gasteiger partial charge in [-0.05, 0) is 24.7 Å². The number of carbonyl (C=O) groups is 2. The molecule has 0 spiro atoms. The summed E-state index contributed by atoms with van der Waals surface area (Å²) in [5, 5.41) is 0. The van der Waals surface area contributed by atoms with Crippen LogP contribution in [0.5, 0.6) is 0 Å². The molecule has 0 heterocycles. The Morgan fingerprint density at radius 2 is 1.47 bits per heavy atom. The molecule has 0 aliphatic heterocycles. The van der Waals surface area contributed by atoms with Crippen molar-refractivity contribution in [1.82, 2.24) is 0 Å². The summed E-state index contributed by atoms with van der Waals surface area (Å²) in [5.74, 6) is 0.300. The van der Waals surface area contributed by atoms with Gasteiger partial charge in [0.05, 0.1) is 19.6 Å². The molecule has 0 fully saturated rings. The minimum absolute atomic E-state index is 0.109. The molecule has 0 rings (SSSR count). The van der Waals surface area contributed by atoms with Crippen molar-refractivity contribution in [3.63, 3.8) is 0 Å². The lowest BCUT2D eigenvalue weighted by Crippen LogP contribution is -2.07. The molecule has 0 saturated carbocycles. The summed E-state index contributed by atoms with van der Waals surface area (Å²) in [6.45, 7) is 9.12. The Hall–Kier alpha value is -1.32. The molecule has 0 bridgehead atoms. The molecule has 0 atom stereocenters. The van der Waals surface area contributed by atoms with Crippen molar-refractivity contribution in [2.45, 2.75) is 47.0 Å². The van der Waals surface area contributed by atoms with E-state index in [2.05, 4.69) is 27.7 Å².